The Kier molecular flexibility index (Phi) is 20.3. The number of piperazine rings is 2. The maximum Gasteiger partial charge on any atom is 0.414 e. The quantitative estimate of drug-likeness (QED) is 0.240. The molecule has 0 aliphatic carbocycles. The summed E-state index contributed by atoms with van der Waals surface area (Å²) in [6.45, 7) is 12.6. The Morgan fingerprint density at radius 2 is 1.21 bits per heavy atom. The van der Waals surface area contributed by atoms with E-state index in [0.29, 0.717) is 47.4 Å². The number of hydrogen-bond donors (Lipinski definition) is 4. The van der Waals surface area contributed by atoms with Gasteiger partial charge in [-0.25, -0.2) is 18.4 Å². The summed E-state index contributed by atoms with van der Waals surface area (Å²) in [6, 6.07) is 9.76. The molecule has 0 radical (unpaired) electrons. The van der Waals surface area contributed by atoms with Gasteiger partial charge >= 0.3 is 12.2 Å². The molecule has 0 spiro atoms. The largest absolute Gasteiger partial charge is 0.443 e. The zero-order valence-corrected chi connectivity index (χ0v) is 32.0. The summed E-state index contributed by atoms with van der Waals surface area (Å²) in [4.78, 5) is 48.9. The van der Waals surface area contributed by atoms with E-state index in [9.17, 15) is 18.4 Å². The van der Waals surface area contributed by atoms with Crippen molar-refractivity contribution in [1.82, 2.24) is 16.0 Å². The number of anilines is 4. The van der Waals surface area contributed by atoms with Crippen LogP contribution in [0.25, 0.3) is 0 Å². The highest BCUT2D eigenvalue weighted by Crippen LogP contribution is 2.29. The first kappa shape index (κ1) is 44.8. The Morgan fingerprint density at radius 3 is 1.55 bits per heavy atom. The Bertz CT molecular complexity index is 1490. The summed E-state index contributed by atoms with van der Waals surface area (Å²) in [7, 11) is 0. The third-order valence-electron chi connectivity index (χ3n) is 7.99. The average molecular weight is 781 g/mol. The molecule has 4 saturated heterocycles. The molecule has 4 heterocycles. The second-order valence-electron chi connectivity index (χ2n) is 11.6. The lowest BCUT2D eigenvalue weighted by molar-refractivity contribution is -0.106. The van der Waals surface area contributed by atoms with Gasteiger partial charge in [-0.15, -0.1) is 0 Å². The van der Waals surface area contributed by atoms with Crippen LogP contribution in [0.1, 0.15) is 20.8 Å². The number of halogens is 2. The number of nitrogens with two attached hydrogens (primary N) is 1. The number of cyclic esters (lactones) is 2. The first-order valence-corrected chi connectivity index (χ1v) is 18.0. The second-order valence-corrected chi connectivity index (χ2v) is 12.2. The summed E-state index contributed by atoms with van der Waals surface area (Å²) in [5.74, 6) is 2.19. The number of amides is 2. The minimum Gasteiger partial charge on any atom is -0.443 e. The van der Waals surface area contributed by atoms with E-state index < -0.39 is 12.2 Å². The number of hydrogen-bond acceptors (Lipinski definition) is 13. The third-order valence-corrected chi connectivity index (χ3v) is 8.14. The van der Waals surface area contributed by atoms with E-state index in [4.69, 9.17) is 37.0 Å². The van der Waals surface area contributed by atoms with Crippen LogP contribution < -0.4 is 41.3 Å². The molecule has 0 saturated carbocycles. The van der Waals surface area contributed by atoms with Crippen LogP contribution >= 0.6 is 24.4 Å². The summed E-state index contributed by atoms with van der Waals surface area (Å²) < 4.78 is 39.2. The van der Waals surface area contributed by atoms with Gasteiger partial charge < -0.3 is 50.5 Å². The van der Waals surface area contributed by atoms with Gasteiger partial charge in [-0.3, -0.25) is 9.80 Å². The highest BCUT2D eigenvalue weighted by atomic mass is 32.1. The van der Waals surface area contributed by atoms with Gasteiger partial charge in [0.2, 0.25) is 0 Å². The summed E-state index contributed by atoms with van der Waals surface area (Å²) >= 11 is 8.79. The predicted molar refractivity (Wildman–Crippen MR) is 212 cm³/mol. The Morgan fingerprint density at radius 1 is 0.830 bits per heavy atom. The molecule has 0 bridgehead atoms. The molecular weight excluding hydrogens is 731 g/mol. The molecule has 2 aromatic rings. The van der Waals surface area contributed by atoms with Crippen LogP contribution in [0.5, 0.6) is 0 Å². The van der Waals surface area contributed by atoms with Crippen molar-refractivity contribution in [3.05, 3.63) is 48.0 Å². The zero-order chi connectivity index (χ0) is 39.3. The number of carbonyl (C=O) groups excluding carboxylic acids is 4. The normalized spacial score (nSPS) is 19.0. The number of thiocarbonyl (C=S) groups is 2. The molecule has 2 atom stereocenters. The minimum atomic E-state index is -0.472. The topological polar surface area (TPSA) is 162 Å². The molecule has 4 aliphatic rings. The van der Waals surface area contributed by atoms with Crippen molar-refractivity contribution in [2.24, 2.45) is 5.73 Å². The maximum atomic E-state index is 14.5. The van der Waals surface area contributed by atoms with Gasteiger partial charge in [-0.1, -0.05) is 24.4 Å². The minimum absolute atomic E-state index is 0.267. The zero-order valence-electron chi connectivity index (χ0n) is 30.4. The van der Waals surface area contributed by atoms with E-state index >= 15 is 0 Å². The third kappa shape index (κ3) is 13.9. The van der Waals surface area contributed by atoms with Gasteiger partial charge in [0.15, 0.2) is 0 Å². The highest BCUT2D eigenvalue weighted by molar-refractivity contribution is 7.80. The lowest BCUT2D eigenvalue weighted by Gasteiger charge is -2.30. The predicted octanol–water partition coefficient (Wildman–Crippen LogP) is 3.04. The molecule has 6 rings (SSSR count). The molecule has 2 amide bonds. The van der Waals surface area contributed by atoms with Gasteiger partial charge in [-0.2, -0.15) is 0 Å². The fourth-order valence-electron chi connectivity index (χ4n) is 5.60. The first-order chi connectivity index (χ1) is 25.6. The fourth-order valence-corrected chi connectivity index (χ4v) is 5.69. The Hall–Kier alpha value is -4.36. The van der Waals surface area contributed by atoms with Crippen LogP contribution in [0.4, 0.5) is 41.1 Å². The second kappa shape index (κ2) is 24.1. The van der Waals surface area contributed by atoms with Crippen LogP contribution in [0.2, 0.25) is 0 Å². The number of benzene rings is 2. The Labute approximate surface area is 320 Å². The van der Waals surface area contributed by atoms with Crippen molar-refractivity contribution in [3.63, 3.8) is 0 Å². The molecule has 2 aromatic carbocycles. The van der Waals surface area contributed by atoms with Crippen LogP contribution in [-0.4, -0.2) is 126 Å². The van der Waals surface area contributed by atoms with Crippen LogP contribution in [0, 0.1) is 11.6 Å². The number of ether oxygens (including phenoxy) is 2. The smallest absolute Gasteiger partial charge is 0.414 e. The van der Waals surface area contributed by atoms with Gasteiger partial charge in [0.1, 0.15) is 36.4 Å². The van der Waals surface area contributed by atoms with E-state index in [2.05, 4.69) is 34.0 Å². The SMILES string of the molecule is C=S.CC(=S)NC[C@H]1CN(c2ccc(N3CCNCC3)c(F)c2)C(=O)O1.CC=O.CC=O.NC[C@H]1CN(c2ccc(N3CCNCC3)c(F)c2)C(=O)O1. The highest BCUT2D eigenvalue weighted by Gasteiger charge is 2.33. The van der Waals surface area contributed by atoms with Crippen molar-refractivity contribution in [2.45, 2.75) is 33.0 Å². The molecule has 292 valence electrons. The van der Waals surface area contributed by atoms with E-state index in [1.165, 1.54) is 35.8 Å². The summed E-state index contributed by atoms with van der Waals surface area (Å²) in [5, 5.41) is 9.46. The molecule has 0 aromatic heterocycles. The number of nitrogens with one attached hydrogen (secondary N) is 3. The van der Waals surface area contributed by atoms with Gasteiger partial charge in [-0.05, 0) is 63.0 Å². The van der Waals surface area contributed by atoms with Crippen molar-refractivity contribution >= 4 is 82.8 Å². The standard InChI is InChI=1S/C16H21FN4O2S.C14H19FN4O2.2C2H4O.CH2S/c1-11(24)19-9-13-10-21(16(22)23-13)12-2-3-15(14(17)8-12)20-6-4-18-5-7-20;15-12-7-10(19-9-11(8-16)21-14(19)20)1-2-13(12)18-5-3-17-4-6-18;2*1-2-3;1-2/h2-3,8,13,18H,4-7,9-10H2,1H3,(H,19,24);1-2,7,11,17H,3-6,8-9,16H2;2*2H,1H3;1H2/t13-;11-;;;/m00.../s1. The van der Waals surface area contributed by atoms with Crippen molar-refractivity contribution in [3.8, 4) is 0 Å². The van der Waals surface area contributed by atoms with E-state index in [-0.39, 0.29) is 30.4 Å². The average Bonchev–Trinajstić information content (AvgIpc) is 3.74. The van der Waals surface area contributed by atoms with Crippen molar-refractivity contribution in [2.75, 3.05) is 98.1 Å². The molecule has 5 N–H and O–H groups in total. The van der Waals surface area contributed by atoms with Crippen molar-refractivity contribution < 1.29 is 37.4 Å². The van der Waals surface area contributed by atoms with Gasteiger partial charge in [0.25, 0.3) is 0 Å². The molecule has 0 unspecified atom stereocenters. The Balaban J connectivity index is 0.000000309. The number of carbonyl (C=O) groups is 4. The fraction of sp³-hybridized carbons (Fsp3) is 0.486. The molecule has 14 nitrogen and oxygen atoms in total. The summed E-state index contributed by atoms with van der Waals surface area (Å²) in [6.07, 6.45) is -0.0578. The molecule has 4 fully saturated rings. The van der Waals surface area contributed by atoms with Crippen LogP contribution in [0.3, 0.4) is 0 Å². The molecule has 4 aliphatic heterocycles. The lowest BCUT2D eigenvalue weighted by atomic mass is 10.2. The van der Waals surface area contributed by atoms with Gasteiger partial charge in [0, 0.05) is 58.9 Å². The molecule has 18 heteroatoms. The first-order valence-electron chi connectivity index (χ1n) is 17.1. The number of aldehydes is 2. The number of rotatable bonds is 7. The van der Waals surface area contributed by atoms with Crippen molar-refractivity contribution in [1.29, 1.82) is 0 Å². The van der Waals surface area contributed by atoms with E-state index in [0.717, 1.165) is 64.9 Å². The van der Waals surface area contributed by atoms with Crippen LogP contribution in [0.15, 0.2) is 36.4 Å². The molecular formula is C35H50F2N8O6S2. The van der Waals surface area contributed by atoms with Crippen LogP contribution in [-0.2, 0) is 19.1 Å². The van der Waals surface area contributed by atoms with E-state index in [1.807, 2.05) is 9.80 Å². The summed E-state index contributed by atoms with van der Waals surface area (Å²) in [5.41, 5.74) is 7.66. The lowest BCUT2D eigenvalue weighted by Crippen LogP contribution is -2.43. The molecule has 53 heavy (non-hydrogen) atoms. The van der Waals surface area contributed by atoms with E-state index in [1.54, 1.807) is 31.2 Å². The maximum absolute atomic E-state index is 14.5. The monoisotopic (exact) mass is 780 g/mol. The van der Waals surface area contributed by atoms with Gasteiger partial charge in [0.05, 0.1) is 47.4 Å². The number of nitrogens with zero attached hydrogens (tertiary/aromatic N) is 4.